The van der Waals surface area contributed by atoms with E-state index in [9.17, 15) is 4.79 Å². The average molecular weight is 327 g/mol. The SMILES string of the molecule is CC(OCC1CCCCO1)C(=O)N1CCCC(C2OCCO2)C1. The number of piperidine rings is 1. The summed E-state index contributed by atoms with van der Waals surface area (Å²) in [6, 6.07) is 0. The Balaban J connectivity index is 1.44. The number of carbonyl (C=O) groups excluding carboxylic acids is 1. The Kier molecular flexibility index (Phi) is 6.28. The van der Waals surface area contributed by atoms with E-state index in [4.69, 9.17) is 18.9 Å². The van der Waals surface area contributed by atoms with Crippen LogP contribution >= 0.6 is 0 Å². The molecule has 3 rings (SSSR count). The summed E-state index contributed by atoms with van der Waals surface area (Å²) in [5.41, 5.74) is 0. The van der Waals surface area contributed by atoms with Crippen molar-refractivity contribution in [2.75, 3.05) is 39.5 Å². The van der Waals surface area contributed by atoms with Gasteiger partial charge in [-0.2, -0.15) is 0 Å². The lowest BCUT2D eigenvalue weighted by molar-refractivity contribution is -0.152. The summed E-state index contributed by atoms with van der Waals surface area (Å²) >= 11 is 0. The van der Waals surface area contributed by atoms with Crippen LogP contribution in [0.2, 0.25) is 0 Å². The second-order valence-electron chi connectivity index (χ2n) is 6.76. The summed E-state index contributed by atoms with van der Waals surface area (Å²) in [6.45, 7) is 6.00. The number of carbonyl (C=O) groups is 1. The van der Waals surface area contributed by atoms with E-state index in [1.165, 1.54) is 6.42 Å². The highest BCUT2D eigenvalue weighted by Gasteiger charge is 2.34. The molecule has 6 nitrogen and oxygen atoms in total. The van der Waals surface area contributed by atoms with Gasteiger partial charge in [0.25, 0.3) is 5.91 Å². The first-order valence-corrected chi connectivity index (χ1v) is 8.99. The summed E-state index contributed by atoms with van der Waals surface area (Å²) in [5, 5.41) is 0. The van der Waals surface area contributed by atoms with Crippen molar-refractivity contribution >= 4 is 5.91 Å². The molecule has 3 unspecified atom stereocenters. The fourth-order valence-electron chi connectivity index (χ4n) is 3.60. The second kappa shape index (κ2) is 8.42. The minimum absolute atomic E-state index is 0.0727. The maximum atomic E-state index is 12.6. The zero-order valence-corrected chi connectivity index (χ0v) is 14.1. The van der Waals surface area contributed by atoms with Crippen LogP contribution in [0, 0.1) is 5.92 Å². The lowest BCUT2D eigenvalue weighted by atomic mass is 9.97. The number of likely N-dealkylation sites (tertiary alicyclic amines) is 1. The molecule has 0 bridgehead atoms. The van der Waals surface area contributed by atoms with Crippen molar-refractivity contribution in [3.8, 4) is 0 Å². The van der Waals surface area contributed by atoms with Gasteiger partial charge in [-0.1, -0.05) is 0 Å². The van der Waals surface area contributed by atoms with Crippen LogP contribution in [-0.4, -0.2) is 68.8 Å². The molecular formula is C17H29NO5. The summed E-state index contributed by atoms with van der Waals surface area (Å²) in [5.74, 6) is 0.354. The van der Waals surface area contributed by atoms with E-state index < -0.39 is 6.10 Å². The number of ether oxygens (including phenoxy) is 4. The minimum Gasteiger partial charge on any atom is -0.376 e. The zero-order valence-electron chi connectivity index (χ0n) is 14.1. The van der Waals surface area contributed by atoms with Crippen molar-refractivity contribution in [2.24, 2.45) is 5.92 Å². The molecule has 0 saturated carbocycles. The van der Waals surface area contributed by atoms with Crippen molar-refractivity contribution in [3.63, 3.8) is 0 Å². The normalized spacial score (nSPS) is 31.3. The van der Waals surface area contributed by atoms with Crippen LogP contribution in [0.4, 0.5) is 0 Å². The van der Waals surface area contributed by atoms with Crippen molar-refractivity contribution in [2.45, 2.75) is 57.5 Å². The van der Waals surface area contributed by atoms with Gasteiger partial charge in [-0.25, -0.2) is 0 Å². The van der Waals surface area contributed by atoms with Crippen molar-refractivity contribution in [3.05, 3.63) is 0 Å². The molecule has 3 fully saturated rings. The Bertz CT molecular complexity index is 379. The van der Waals surface area contributed by atoms with Crippen molar-refractivity contribution < 1.29 is 23.7 Å². The van der Waals surface area contributed by atoms with Crippen LogP contribution in [0.15, 0.2) is 0 Å². The molecule has 3 atom stereocenters. The quantitative estimate of drug-likeness (QED) is 0.767. The number of hydrogen-bond donors (Lipinski definition) is 0. The molecular weight excluding hydrogens is 298 g/mol. The molecule has 0 radical (unpaired) electrons. The Hall–Kier alpha value is -0.690. The van der Waals surface area contributed by atoms with Gasteiger partial charge in [0.2, 0.25) is 0 Å². The van der Waals surface area contributed by atoms with E-state index in [2.05, 4.69) is 0 Å². The lowest BCUT2D eigenvalue weighted by Gasteiger charge is -2.36. The molecule has 3 aliphatic heterocycles. The Morgan fingerprint density at radius 3 is 2.70 bits per heavy atom. The Labute approximate surface area is 138 Å². The first kappa shape index (κ1) is 17.1. The first-order valence-electron chi connectivity index (χ1n) is 8.99. The molecule has 6 heteroatoms. The topological polar surface area (TPSA) is 57.2 Å². The highest BCUT2D eigenvalue weighted by atomic mass is 16.7. The van der Waals surface area contributed by atoms with E-state index in [0.29, 0.717) is 26.4 Å². The molecule has 0 aromatic heterocycles. The van der Waals surface area contributed by atoms with Gasteiger partial charge in [0.15, 0.2) is 6.29 Å². The number of nitrogens with zero attached hydrogens (tertiary/aromatic N) is 1. The summed E-state index contributed by atoms with van der Waals surface area (Å²) in [4.78, 5) is 14.5. The first-order chi connectivity index (χ1) is 11.2. The van der Waals surface area contributed by atoms with Crippen LogP contribution in [-0.2, 0) is 23.7 Å². The van der Waals surface area contributed by atoms with Crippen molar-refractivity contribution in [1.29, 1.82) is 0 Å². The smallest absolute Gasteiger partial charge is 0.251 e. The number of rotatable bonds is 5. The molecule has 0 N–H and O–H groups in total. The highest BCUT2D eigenvalue weighted by Crippen LogP contribution is 2.25. The van der Waals surface area contributed by atoms with Gasteiger partial charge in [0, 0.05) is 25.6 Å². The molecule has 0 aliphatic carbocycles. The number of hydrogen-bond acceptors (Lipinski definition) is 5. The van der Waals surface area contributed by atoms with Gasteiger partial charge in [0.1, 0.15) is 6.10 Å². The van der Waals surface area contributed by atoms with E-state index in [1.807, 2.05) is 11.8 Å². The van der Waals surface area contributed by atoms with E-state index in [0.717, 1.165) is 38.8 Å². The zero-order chi connectivity index (χ0) is 16.1. The molecule has 23 heavy (non-hydrogen) atoms. The van der Waals surface area contributed by atoms with E-state index >= 15 is 0 Å². The molecule has 132 valence electrons. The third-order valence-electron chi connectivity index (χ3n) is 4.96. The van der Waals surface area contributed by atoms with Crippen LogP contribution < -0.4 is 0 Å². The Morgan fingerprint density at radius 2 is 1.96 bits per heavy atom. The van der Waals surface area contributed by atoms with Gasteiger partial charge < -0.3 is 23.8 Å². The standard InChI is InChI=1S/C17H29NO5/c1-13(23-12-15-6-2-3-8-20-15)16(19)18-7-4-5-14(11-18)17-21-9-10-22-17/h13-15,17H,2-12H2,1H3. The van der Waals surface area contributed by atoms with Gasteiger partial charge in [-0.3, -0.25) is 4.79 Å². The van der Waals surface area contributed by atoms with Gasteiger partial charge in [-0.05, 0) is 39.0 Å². The van der Waals surface area contributed by atoms with E-state index in [-0.39, 0.29) is 24.2 Å². The largest absolute Gasteiger partial charge is 0.376 e. The van der Waals surface area contributed by atoms with Crippen LogP contribution in [0.25, 0.3) is 0 Å². The molecule has 3 saturated heterocycles. The monoisotopic (exact) mass is 327 g/mol. The Morgan fingerprint density at radius 1 is 1.13 bits per heavy atom. The van der Waals surface area contributed by atoms with Gasteiger partial charge in [-0.15, -0.1) is 0 Å². The third-order valence-corrected chi connectivity index (χ3v) is 4.96. The highest BCUT2D eigenvalue weighted by molar-refractivity contribution is 5.80. The third kappa shape index (κ3) is 4.66. The minimum atomic E-state index is -0.412. The van der Waals surface area contributed by atoms with Crippen molar-refractivity contribution in [1.82, 2.24) is 4.90 Å². The second-order valence-corrected chi connectivity index (χ2v) is 6.76. The summed E-state index contributed by atoms with van der Waals surface area (Å²) in [7, 11) is 0. The maximum absolute atomic E-state index is 12.6. The predicted octanol–water partition coefficient (Wildman–Crippen LogP) is 1.57. The average Bonchev–Trinajstić information content (AvgIpc) is 3.15. The number of amides is 1. The molecule has 0 aromatic rings. The fourth-order valence-corrected chi connectivity index (χ4v) is 3.60. The fraction of sp³-hybridized carbons (Fsp3) is 0.941. The van der Waals surface area contributed by atoms with Gasteiger partial charge >= 0.3 is 0 Å². The van der Waals surface area contributed by atoms with Crippen LogP contribution in [0.1, 0.15) is 39.0 Å². The summed E-state index contributed by atoms with van der Waals surface area (Å²) < 4.78 is 22.6. The molecule has 3 heterocycles. The maximum Gasteiger partial charge on any atom is 0.251 e. The molecule has 0 spiro atoms. The van der Waals surface area contributed by atoms with Gasteiger partial charge in [0.05, 0.1) is 25.9 Å². The van der Waals surface area contributed by atoms with Crippen LogP contribution in [0.5, 0.6) is 0 Å². The lowest BCUT2D eigenvalue weighted by Crippen LogP contribution is -2.47. The van der Waals surface area contributed by atoms with E-state index in [1.54, 1.807) is 0 Å². The molecule has 3 aliphatic rings. The summed E-state index contributed by atoms with van der Waals surface area (Å²) in [6.07, 6.45) is 4.99. The predicted molar refractivity (Wildman–Crippen MR) is 84.0 cm³/mol. The molecule has 1 amide bonds. The van der Waals surface area contributed by atoms with Crippen LogP contribution in [0.3, 0.4) is 0 Å². The molecule has 0 aromatic carbocycles.